The molecule has 0 aliphatic carbocycles. The number of nitro groups is 1. The maximum Gasteiger partial charge on any atom is 0.269 e. The van der Waals surface area contributed by atoms with Crippen LogP contribution in [0.5, 0.6) is 5.75 Å². The van der Waals surface area contributed by atoms with Crippen LogP contribution in [0.15, 0.2) is 84.1 Å². The molecule has 4 aromatic rings. The highest BCUT2D eigenvalue weighted by Crippen LogP contribution is 2.39. The van der Waals surface area contributed by atoms with Gasteiger partial charge in [0, 0.05) is 23.4 Å². The fourth-order valence-electron chi connectivity index (χ4n) is 4.26. The normalized spacial score (nSPS) is 14.5. The number of halogens is 1. The Morgan fingerprint density at radius 1 is 1.14 bits per heavy atom. The standard InChI is InChI=1S/C26H21ClN6O4/c1-15-22(25(34)29-20-12-5-6-13-21(20)37-2)23(16-8-7-9-17(14-16)33(35)36)32-26(28-15)30-24(31-32)18-10-3-4-11-19(18)27/h3-14,23H,1-2H3,(H,29,34)(H,28,30,31). The Hall–Kier alpha value is -4.70. The van der Waals surface area contributed by atoms with E-state index in [-0.39, 0.29) is 5.69 Å². The molecule has 3 aromatic carbocycles. The van der Waals surface area contributed by atoms with Crippen molar-refractivity contribution >= 4 is 34.8 Å². The number of non-ortho nitro benzene ring substituents is 1. The third kappa shape index (κ3) is 4.50. The zero-order valence-electron chi connectivity index (χ0n) is 19.8. The third-order valence-corrected chi connectivity index (χ3v) is 6.29. The van der Waals surface area contributed by atoms with E-state index >= 15 is 0 Å². The Kier molecular flexibility index (Phi) is 6.33. The number of rotatable bonds is 6. The van der Waals surface area contributed by atoms with Crippen molar-refractivity contribution in [1.29, 1.82) is 0 Å². The molecule has 1 unspecified atom stereocenters. The van der Waals surface area contributed by atoms with Gasteiger partial charge in [0.2, 0.25) is 5.95 Å². The number of ether oxygens (including phenoxy) is 1. The van der Waals surface area contributed by atoms with Crippen LogP contribution in [-0.2, 0) is 4.79 Å². The molecular weight excluding hydrogens is 496 g/mol. The van der Waals surface area contributed by atoms with Crippen LogP contribution in [0, 0.1) is 10.1 Å². The summed E-state index contributed by atoms with van der Waals surface area (Å²) in [7, 11) is 1.52. The van der Waals surface area contributed by atoms with E-state index in [0.29, 0.717) is 50.6 Å². The number of nitro benzene ring substituents is 1. The van der Waals surface area contributed by atoms with Gasteiger partial charge in [-0.15, -0.1) is 5.10 Å². The average molecular weight is 517 g/mol. The number of nitrogens with one attached hydrogen (secondary N) is 2. The summed E-state index contributed by atoms with van der Waals surface area (Å²) in [5.41, 5.74) is 2.32. The molecule has 37 heavy (non-hydrogen) atoms. The highest BCUT2D eigenvalue weighted by Gasteiger charge is 2.35. The van der Waals surface area contributed by atoms with Gasteiger partial charge in [0.15, 0.2) is 5.82 Å². The highest BCUT2D eigenvalue weighted by molar-refractivity contribution is 6.33. The van der Waals surface area contributed by atoms with Crippen LogP contribution < -0.4 is 15.4 Å². The minimum Gasteiger partial charge on any atom is -0.495 e. The van der Waals surface area contributed by atoms with Gasteiger partial charge in [-0.25, -0.2) is 4.68 Å². The van der Waals surface area contributed by atoms with E-state index in [1.165, 1.54) is 19.2 Å². The van der Waals surface area contributed by atoms with Crippen molar-refractivity contribution < 1.29 is 14.5 Å². The van der Waals surface area contributed by atoms with E-state index in [0.717, 1.165) is 0 Å². The van der Waals surface area contributed by atoms with Gasteiger partial charge in [-0.05, 0) is 36.8 Å². The predicted molar refractivity (Wildman–Crippen MR) is 140 cm³/mol. The number of amides is 1. The molecule has 0 fully saturated rings. The van der Waals surface area contributed by atoms with Gasteiger partial charge in [0.25, 0.3) is 11.6 Å². The molecule has 0 saturated carbocycles. The Bertz CT molecular complexity index is 1560. The van der Waals surface area contributed by atoms with Crippen molar-refractivity contribution in [2.75, 3.05) is 17.7 Å². The first-order chi connectivity index (χ1) is 17.9. The summed E-state index contributed by atoms with van der Waals surface area (Å²) in [6, 6.07) is 19.5. The zero-order chi connectivity index (χ0) is 26.1. The summed E-state index contributed by atoms with van der Waals surface area (Å²) in [4.78, 5) is 29.4. The first-order valence-corrected chi connectivity index (χ1v) is 11.6. The molecule has 11 heteroatoms. The van der Waals surface area contributed by atoms with Crippen LogP contribution >= 0.6 is 11.6 Å². The SMILES string of the molecule is COc1ccccc1NC(=O)C1=C(C)Nc2nc(-c3ccccc3Cl)nn2C1c1cccc([N+](=O)[O-])c1. The number of hydrogen-bond donors (Lipinski definition) is 2. The Morgan fingerprint density at radius 2 is 1.89 bits per heavy atom. The molecule has 1 amide bonds. The largest absolute Gasteiger partial charge is 0.495 e. The van der Waals surface area contributed by atoms with Gasteiger partial charge in [0.1, 0.15) is 11.8 Å². The third-order valence-electron chi connectivity index (χ3n) is 5.96. The van der Waals surface area contributed by atoms with Crippen molar-refractivity contribution in [1.82, 2.24) is 14.8 Å². The van der Waals surface area contributed by atoms with Gasteiger partial charge < -0.3 is 15.4 Å². The molecule has 1 aliphatic rings. The monoisotopic (exact) mass is 516 g/mol. The second-order valence-corrected chi connectivity index (χ2v) is 8.66. The number of carbonyl (C=O) groups is 1. The molecular formula is C26H21ClN6O4. The summed E-state index contributed by atoms with van der Waals surface area (Å²) in [5, 5.41) is 22.7. The van der Waals surface area contributed by atoms with Gasteiger partial charge in [0.05, 0.1) is 28.3 Å². The predicted octanol–water partition coefficient (Wildman–Crippen LogP) is 5.44. The molecule has 2 heterocycles. The number of hydrogen-bond acceptors (Lipinski definition) is 7. The van der Waals surface area contributed by atoms with Crippen LogP contribution in [0.4, 0.5) is 17.3 Å². The minimum atomic E-state index is -0.811. The molecule has 186 valence electrons. The van der Waals surface area contributed by atoms with Crippen LogP contribution in [0.25, 0.3) is 11.4 Å². The lowest BCUT2D eigenvalue weighted by Gasteiger charge is -2.28. The van der Waals surface area contributed by atoms with Gasteiger partial charge in [-0.3, -0.25) is 14.9 Å². The summed E-state index contributed by atoms with van der Waals surface area (Å²) in [5.74, 6) is 0.791. The molecule has 1 aliphatic heterocycles. The first-order valence-electron chi connectivity index (χ1n) is 11.3. The fraction of sp³-hybridized carbons (Fsp3) is 0.115. The van der Waals surface area contributed by atoms with Crippen LogP contribution in [0.2, 0.25) is 5.02 Å². The van der Waals surface area contributed by atoms with Crippen LogP contribution in [-0.4, -0.2) is 32.7 Å². The lowest BCUT2D eigenvalue weighted by Crippen LogP contribution is -2.31. The van der Waals surface area contributed by atoms with Gasteiger partial charge in [-0.1, -0.05) is 48.0 Å². The van der Waals surface area contributed by atoms with E-state index in [1.54, 1.807) is 66.2 Å². The average Bonchev–Trinajstić information content (AvgIpc) is 3.31. The van der Waals surface area contributed by atoms with Crippen molar-refractivity contribution in [2.45, 2.75) is 13.0 Å². The Morgan fingerprint density at radius 3 is 2.65 bits per heavy atom. The number of carbonyl (C=O) groups excluding carboxylic acids is 1. The Balaban J connectivity index is 1.64. The maximum absolute atomic E-state index is 13.7. The summed E-state index contributed by atoms with van der Waals surface area (Å²) in [6.07, 6.45) is 0. The van der Waals surface area contributed by atoms with Crippen molar-refractivity contribution in [3.05, 3.63) is 105 Å². The number of fused-ring (bicyclic) bond motifs is 1. The lowest BCUT2D eigenvalue weighted by atomic mass is 9.94. The smallest absolute Gasteiger partial charge is 0.269 e. The molecule has 10 nitrogen and oxygen atoms in total. The molecule has 0 spiro atoms. The number of methoxy groups -OCH3 is 1. The quantitative estimate of drug-likeness (QED) is 0.258. The zero-order valence-corrected chi connectivity index (χ0v) is 20.6. The molecule has 2 N–H and O–H groups in total. The Labute approximate surface area is 216 Å². The number of benzene rings is 3. The van der Waals surface area contributed by atoms with Crippen LogP contribution in [0.3, 0.4) is 0 Å². The summed E-state index contributed by atoms with van der Waals surface area (Å²) < 4.78 is 6.92. The fourth-order valence-corrected chi connectivity index (χ4v) is 4.48. The minimum absolute atomic E-state index is 0.105. The number of aromatic nitrogens is 3. The van der Waals surface area contributed by atoms with E-state index in [2.05, 4.69) is 20.7 Å². The molecule has 0 radical (unpaired) electrons. The topological polar surface area (TPSA) is 124 Å². The summed E-state index contributed by atoms with van der Waals surface area (Å²) >= 11 is 6.39. The second-order valence-electron chi connectivity index (χ2n) is 8.26. The maximum atomic E-state index is 13.7. The number of nitrogens with zero attached hydrogens (tertiary/aromatic N) is 4. The van der Waals surface area contributed by atoms with E-state index in [4.69, 9.17) is 16.3 Å². The lowest BCUT2D eigenvalue weighted by molar-refractivity contribution is -0.384. The van der Waals surface area contributed by atoms with Crippen LogP contribution in [0.1, 0.15) is 18.5 Å². The van der Waals surface area contributed by atoms with Gasteiger partial charge in [-0.2, -0.15) is 4.98 Å². The number of allylic oxidation sites excluding steroid dienone is 1. The first kappa shape index (κ1) is 24.0. The molecule has 0 bridgehead atoms. The van der Waals surface area contributed by atoms with Crippen molar-refractivity contribution in [3.8, 4) is 17.1 Å². The second kappa shape index (κ2) is 9.75. The number of anilines is 2. The van der Waals surface area contributed by atoms with Gasteiger partial charge >= 0.3 is 0 Å². The molecule has 1 aromatic heterocycles. The number of para-hydroxylation sites is 2. The molecule has 0 saturated heterocycles. The van der Waals surface area contributed by atoms with Crippen molar-refractivity contribution in [2.24, 2.45) is 0 Å². The molecule has 5 rings (SSSR count). The summed E-state index contributed by atoms with van der Waals surface area (Å²) in [6.45, 7) is 1.74. The molecule has 1 atom stereocenters. The van der Waals surface area contributed by atoms with Crippen molar-refractivity contribution in [3.63, 3.8) is 0 Å². The highest BCUT2D eigenvalue weighted by atomic mass is 35.5. The van der Waals surface area contributed by atoms with E-state index < -0.39 is 16.9 Å². The van der Waals surface area contributed by atoms with E-state index in [1.807, 2.05) is 6.07 Å². The van der Waals surface area contributed by atoms with E-state index in [9.17, 15) is 14.9 Å².